The van der Waals surface area contributed by atoms with Gasteiger partial charge in [0, 0.05) is 38.5 Å². The van der Waals surface area contributed by atoms with Gasteiger partial charge in [-0.2, -0.15) is 0 Å². The minimum absolute atomic E-state index is 0.110. The molecular formula is C28H27Cl2N6O4+. The van der Waals surface area contributed by atoms with E-state index in [1.165, 1.54) is 20.4 Å². The smallest absolute Gasteiger partial charge is 0.411 e. The van der Waals surface area contributed by atoms with Crippen LogP contribution in [0.4, 0.5) is 16.2 Å². The number of aromatic nitrogens is 3. The number of carbonyl (C=O) groups excluding carboxylic acids is 1. The Labute approximate surface area is 240 Å². The molecule has 0 saturated heterocycles. The summed E-state index contributed by atoms with van der Waals surface area (Å²) in [5.74, 6) is 0.393. The van der Waals surface area contributed by atoms with Crippen LogP contribution in [0.1, 0.15) is 23.5 Å². The molecule has 2 heterocycles. The number of benzene rings is 2. The van der Waals surface area contributed by atoms with Crippen molar-refractivity contribution in [2.24, 2.45) is 5.73 Å². The number of H-pyrrole nitrogens is 1. The fourth-order valence-electron chi connectivity index (χ4n) is 4.83. The van der Waals surface area contributed by atoms with Crippen molar-refractivity contribution in [2.45, 2.75) is 18.4 Å². The second-order valence-electron chi connectivity index (χ2n) is 9.17. The molecule has 206 valence electrons. The Kier molecular flexibility index (Phi) is 7.57. The van der Waals surface area contributed by atoms with Crippen LogP contribution in [0.3, 0.4) is 0 Å². The summed E-state index contributed by atoms with van der Waals surface area (Å²) in [7, 11) is 2.84. The van der Waals surface area contributed by atoms with Crippen LogP contribution in [0.25, 0.3) is 22.4 Å². The van der Waals surface area contributed by atoms with E-state index in [0.717, 1.165) is 27.9 Å². The topological polar surface area (TPSA) is 138 Å². The van der Waals surface area contributed by atoms with Crippen LogP contribution in [0.5, 0.6) is 0 Å². The molecule has 0 bridgehead atoms. The van der Waals surface area contributed by atoms with Crippen LogP contribution in [0, 0.1) is 0 Å². The van der Waals surface area contributed by atoms with Crippen LogP contribution in [0.15, 0.2) is 72.3 Å². The Morgan fingerprint density at radius 1 is 1.20 bits per heavy atom. The van der Waals surface area contributed by atoms with E-state index in [-0.39, 0.29) is 5.16 Å². The van der Waals surface area contributed by atoms with E-state index in [2.05, 4.69) is 25.3 Å². The van der Waals surface area contributed by atoms with Gasteiger partial charge < -0.3 is 25.9 Å². The molecule has 6 N–H and O–H groups in total. The molecular weight excluding hydrogens is 555 g/mol. The van der Waals surface area contributed by atoms with E-state index in [0.29, 0.717) is 40.8 Å². The first-order chi connectivity index (χ1) is 19.2. The lowest BCUT2D eigenvalue weighted by Gasteiger charge is -2.18. The number of ether oxygens (including phenoxy) is 1. The number of aromatic amines is 1. The molecule has 10 nitrogen and oxygen atoms in total. The molecule has 1 unspecified atom stereocenters. The van der Waals surface area contributed by atoms with Crippen molar-refractivity contribution in [3.05, 3.63) is 94.4 Å². The minimum atomic E-state index is -1.42. The third-order valence-electron chi connectivity index (χ3n) is 6.71. The van der Waals surface area contributed by atoms with E-state index >= 15 is 0 Å². The SMILES string of the molecule is COC(=O)Nc1ccc(-c2cnc(C3(O)CCc4cc(-c5cc(Cl)ccc5N/C=C(\N)Cl)c[n+](OC)c43)[nH]2)cc1. The van der Waals surface area contributed by atoms with Crippen LogP contribution < -0.4 is 25.9 Å². The first-order valence-corrected chi connectivity index (χ1v) is 13.0. The van der Waals surface area contributed by atoms with Crippen LogP contribution in [-0.2, 0) is 16.8 Å². The zero-order valence-electron chi connectivity index (χ0n) is 21.7. The minimum Gasteiger partial charge on any atom is -0.453 e. The van der Waals surface area contributed by atoms with Gasteiger partial charge in [0.25, 0.3) is 5.69 Å². The van der Waals surface area contributed by atoms with Gasteiger partial charge in [0.1, 0.15) is 18.1 Å². The molecule has 0 fully saturated rings. The fourth-order valence-corrected chi connectivity index (χ4v) is 5.05. The summed E-state index contributed by atoms with van der Waals surface area (Å²) in [5, 5.41) is 18.3. The number of aliphatic hydroxyl groups is 1. The van der Waals surface area contributed by atoms with Crippen LogP contribution >= 0.6 is 23.2 Å². The predicted octanol–water partition coefficient (Wildman–Crippen LogP) is 4.51. The normalized spacial score (nSPS) is 16.4. The average molecular weight is 582 g/mol. The molecule has 1 aliphatic rings. The number of imidazole rings is 1. The molecule has 12 heteroatoms. The number of carbonyl (C=O) groups is 1. The van der Waals surface area contributed by atoms with Gasteiger partial charge in [0.15, 0.2) is 0 Å². The molecule has 1 amide bonds. The van der Waals surface area contributed by atoms with Crippen molar-refractivity contribution in [3.63, 3.8) is 0 Å². The number of nitrogens with two attached hydrogens (primary N) is 1. The molecule has 2 aromatic carbocycles. The molecule has 5 rings (SSSR count). The average Bonchev–Trinajstić information content (AvgIpc) is 3.58. The highest BCUT2D eigenvalue weighted by atomic mass is 35.5. The second kappa shape index (κ2) is 11.1. The van der Waals surface area contributed by atoms with Crippen molar-refractivity contribution >= 4 is 40.7 Å². The molecule has 40 heavy (non-hydrogen) atoms. The van der Waals surface area contributed by atoms with Crippen LogP contribution in [-0.4, -0.2) is 35.4 Å². The van der Waals surface area contributed by atoms with E-state index in [4.69, 9.17) is 33.8 Å². The lowest BCUT2D eigenvalue weighted by atomic mass is 9.98. The third kappa shape index (κ3) is 5.29. The molecule has 0 radical (unpaired) electrons. The molecule has 0 aliphatic heterocycles. The van der Waals surface area contributed by atoms with Crippen molar-refractivity contribution in [1.29, 1.82) is 0 Å². The standard InChI is InChI=1S/C28H26Cl2N6O4/c1-39-27(37)34-20-6-3-16(4-7-20)23-13-33-26(35-23)28(38)10-9-17-11-18(15-36(40-2)25(17)28)21-12-19(29)5-8-22(21)32-14-24(30)31/h3-8,11-15,32,38H,9-10,31H2,1-2H3,(H-,33,34,35,37)/p+1/b24-14-. The summed E-state index contributed by atoms with van der Waals surface area (Å²) >= 11 is 12.1. The largest absolute Gasteiger partial charge is 0.453 e. The monoisotopic (exact) mass is 581 g/mol. The second-order valence-corrected chi connectivity index (χ2v) is 10.0. The van der Waals surface area contributed by atoms with Gasteiger partial charge in [-0.25, -0.2) is 9.78 Å². The van der Waals surface area contributed by atoms with Gasteiger partial charge in [-0.05, 0) is 54.8 Å². The maximum absolute atomic E-state index is 11.9. The van der Waals surface area contributed by atoms with Crippen molar-refractivity contribution < 1.29 is 24.2 Å². The van der Waals surface area contributed by atoms with Crippen LogP contribution in [0.2, 0.25) is 5.02 Å². The number of fused-ring (bicyclic) bond motifs is 1. The van der Waals surface area contributed by atoms with E-state index < -0.39 is 11.7 Å². The Balaban J connectivity index is 1.49. The molecule has 0 spiro atoms. The van der Waals surface area contributed by atoms with E-state index in [9.17, 15) is 9.90 Å². The van der Waals surface area contributed by atoms with Gasteiger partial charge in [-0.15, -0.1) is 0 Å². The van der Waals surface area contributed by atoms with Gasteiger partial charge in [0.05, 0.1) is 24.6 Å². The summed E-state index contributed by atoms with van der Waals surface area (Å²) in [5.41, 5.74) is 10.2. The number of hydrogen-bond donors (Lipinski definition) is 5. The number of pyridine rings is 1. The number of hydrogen-bond acceptors (Lipinski definition) is 7. The van der Waals surface area contributed by atoms with E-state index in [1.54, 1.807) is 35.3 Å². The van der Waals surface area contributed by atoms with Gasteiger partial charge in [-0.1, -0.05) is 35.3 Å². The van der Waals surface area contributed by atoms with Crippen molar-refractivity contribution in [2.75, 3.05) is 24.9 Å². The molecule has 0 saturated carbocycles. The first-order valence-electron chi connectivity index (χ1n) is 12.3. The van der Waals surface area contributed by atoms with Gasteiger partial charge in [0.2, 0.25) is 11.8 Å². The third-order valence-corrected chi connectivity index (χ3v) is 7.05. The number of halogens is 2. The summed E-state index contributed by atoms with van der Waals surface area (Å²) in [6.45, 7) is 0. The maximum Gasteiger partial charge on any atom is 0.411 e. The number of nitrogens with one attached hydrogen (secondary N) is 3. The van der Waals surface area contributed by atoms with E-state index in [1.807, 2.05) is 30.3 Å². The lowest BCUT2D eigenvalue weighted by Crippen LogP contribution is -2.50. The Bertz CT molecular complexity index is 1600. The summed E-state index contributed by atoms with van der Waals surface area (Å²) in [4.78, 5) is 25.0. The number of aryl methyl sites for hydroxylation is 1. The number of rotatable bonds is 7. The van der Waals surface area contributed by atoms with Gasteiger partial charge in [-0.3, -0.25) is 10.2 Å². The summed E-state index contributed by atoms with van der Waals surface area (Å²) in [6.07, 6.45) is 5.38. The van der Waals surface area contributed by atoms with Crippen molar-refractivity contribution in [1.82, 2.24) is 9.97 Å². The first kappa shape index (κ1) is 27.3. The Morgan fingerprint density at radius 3 is 2.67 bits per heavy atom. The number of nitrogens with zero attached hydrogens (tertiary/aromatic N) is 2. The zero-order valence-corrected chi connectivity index (χ0v) is 23.2. The molecule has 1 atom stereocenters. The Morgan fingerprint density at radius 2 is 1.98 bits per heavy atom. The number of anilines is 2. The highest BCUT2D eigenvalue weighted by Gasteiger charge is 2.50. The lowest BCUT2D eigenvalue weighted by molar-refractivity contribution is -0.893. The highest BCUT2D eigenvalue weighted by Crippen LogP contribution is 2.41. The number of methoxy groups -OCH3 is 1. The molecule has 2 aromatic heterocycles. The Hall–Kier alpha value is -4.25. The molecule has 1 aliphatic carbocycles. The summed E-state index contributed by atoms with van der Waals surface area (Å²) < 4.78 is 6.18. The molecule has 4 aromatic rings. The highest BCUT2D eigenvalue weighted by molar-refractivity contribution is 6.31. The predicted molar refractivity (Wildman–Crippen MR) is 153 cm³/mol. The quantitative estimate of drug-likeness (QED) is 0.160. The maximum atomic E-state index is 11.9. The fraction of sp³-hybridized carbons (Fsp3) is 0.179. The zero-order chi connectivity index (χ0) is 28.4. The number of amides is 1. The van der Waals surface area contributed by atoms with Gasteiger partial charge >= 0.3 is 6.09 Å². The van der Waals surface area contributed by atoms with Crippen molar-refractivity contribution in [3.8, 4) is 22.4 Å². The summed E-state index contributed by atoms with van der Waals surface area (Å²) in [6, 6.07) is 14.6.